The third kappa shape index (κ3) is 3.69. The molecule has 2 aliphatic rings. The van der Waals surface area contributed by atoms with Crippen molar-refractivity contribution in [3.05, 3.63) is 42.6 Å². The zero-order valence-electron chi connectivity index (χ0n) is 14.9. The van der Waals surface area contributed by atoms with E-state index in [4.69, 9.17) is 4.98 Å². The van der Waals surface area contributed by atoms with Crippen molar-refractivity contribution in [2.24, 2.45) is 0 Å². The Labute approximate surface area is 149 Å². The van der Waals surface area contributed by atoms with Crippen LogP contribution in [0.5, 0.6) is 0 Å². The van der Waals surface area contributed by atoms with Crippen molar-refractivity contribution in [3.8, 4) is 0 Å². The SMILES string of the molecule is CN1CCN(c2nccc(N3CCN(c4ccccc4)CC3)n2)CC1. The monoisotopic (exact) mass is 338 g/mol. The van der Waals surface area contributed by atoms with Crippen molar-refractivity contribution in [1.82, 2.24) is 14.9 Å². The largest absolute Gasteiger partial charge is 0.368 e. The molecule has 0 unspecified atom stereocenters. The van der Waals surface area contributed by atoms with Crippen molar-refractivity contribution >= 4 is 17.5 Å². The number of anilines is 3. The summed E-state index contributed by atoms with van der Waals surface area (Å²) in [6, 6.07) is 12.7. The smallest absolute Gasteiger partial charge is 0.227 e. The highest BCUT2D eigenvalue weighted by molar-refractivity contribution is 5.50. The van der Waals surface area contributed by atoms with Gasteiger partial charge in [0.1, 0.15) is 5.82 Å². The van der Waals surface area contributed by atoms with Gasteiger partial charge in [0.25, 0.3) is 0 Å². The molecule has 132 valence electrons. The van der Waals surface area contributed by atoms with Crippen LogP contribution in [0.2, 0.25) is 0 Å². The summed E-state index contributed by atoms with van der Waals surface area (Å²) in [5.41, 5.74) is 1.31. The number of piperazine rings is 2. The second-order valence-electron chi connectivity index (χ2n) is 6.81. The minimum Gasteiger partial charge on any atom is -0.368 e. The van der Waals surface area contributed by atoms with Gasteiger partial charge < -0.3 is 19.6 Å². The molecule has 0 aliphatic carbocycles. The van der Waals surface area contributed by atoms with Crippen LogP contribution in [-0.4, -0.2) is 74.3 Å². The fourth-order valence-electron chi connectivity index (χ4n) is 3.51. The van der Waals surface area contributed by atoms with Crippen LogP contribution >= 0.6 is 0 Å². The van der Waals surface area contributed by atoms with Gasteiger partial charge in [-0.2, -0.15) is 4.98 Å². The Balaban J connectivity index is 1.40. The van der Waals surface area contributed by atoms with Gasteiger partial charge in [0.15, 0.2) is 0 Å². The maximum atomic E-state index is 4.85. The van der Waals surface area contributed by atoms with E-state index in [1.54, 1.807) is 0 Å². The van der Waals surface area contributed by atoms with Gasteiger partial charge in [-0.3, -0.25) is 0 Å². The first-order valence-corrected chi connectivity index (χ1v) is 9.11. The highest BCUT2D eigenvalue weighted by Crippen LogP contribution is 2.20. The first kappa shape index (κ1) is 16.1. The molecule has 2 saturated heterocycles. The van der Waals surface area contributed by atoms with E-state index < -0.39 is 0 Å². The summed E-state index contributed by atoms with van der Waals surface area (Å²) in [6.45, 7) is 8.19. The van der Waals surface area contributed by atoms with E-state index in [1.165, 1.54) is 5.69 Å². The van der Waals surface area contributed by atoms with Crippen LogP contribution in [0.1, 0.15) is 0 Å². The lowest BCUT2D eigenvalue weighted by atomic mass is 10.2. The van der Waals surface area contributed by atoms with Gasteiger partial charge in [-0.15, -0.1) is 0 Å². The van der Waals surface area contributed by atoms with Gasteiger partial charge in [-0.1, -0.05) is 18.2 Å². The molecule has 3 heterocycles. The Hall–Kier alpha value is -2.34. The van der Waals surface area contributed by atoms with Gasteiger partial charge in [0.2, 0.25) is 5.95 Å². The molecule has 1 aromatic carbocycles. The van der Waals surface area contributed by atoms with Crippen molar-refractivity contribution in [2.75, 3.05) is 74.1 Å². The van der Waals surface area contributed by atoms with Crippen LogP contribution in [0, 0.1) is 0 Å². The predicted molar refractivity (Wildman–Crippen MR) is 103 cm³/mol. The first-order chi connectivity index (χ1) is 12.3. The average Bonchev–Trinajstić information content (AvgIpc) is 2.69. The van der Waals surface area contributed by atoms with Crippen LogP contribution in [0.3, 0.4) is 0 Å². The molecular weight excluding hydrogens is 312 g/mol. The molecule has 0 radical (unpaired) electrons. The number of hydrogen-bond donors (Lipinski definition) is 0. The molecule has 0 bridgehead atoms. The summed E-state index contributed by atoms with van der Waals surface area (Å²) in [6.07, 6.45) is 1.90. The normalized spacial score (nSPS) is 19.3. The summed E-state index contributed by atoms with van der Waals surface area (Å²) in [5, 5.41) is 0. The Morgan fingerprint density at radius 2 is 1.36 bits per heavy atom. The predicted octanol–water partition coefficient (Wildman–Crippen LogP) is 1.55. The summed E-state index contributed by atoms with van der Waals surface area (Å²) in [5.74, 6) is 1.92. The van der Waals surface area contributed by atoms with Crippen LogP contribution in [0.15, 0.2) is 42.6 Å². The summed E-state index contributed by atoms with van der Waals surface area (Å²) in [7, 11) is 2.17. The topological polar surface area (TPSA) is 38.7 Å². The molecule has 0 atom stereocenters. The van der Waals surface area contributed by atoms with E-state index in [1.807, 2.05) is 12.3 Å². The van der Waals surface area contributed by atoms with E-state index in [2.05, 4.69) is 62.0 Å². The van der Waals surface area contributed by atoms with Gasteiger partial charge in [0.05, 0.1) is 0 Å². The summed E-state index contributed by atoms with van der Waals surface area (Å²) in [4.78, 5) is 18.8. The Morgan fingerprint density at radius 1 is 0.720 bits per heavy atom. The number of likely N-dealkylation sites (N-methyl/N-ethyl adjacent to an activating group) is 1. The number of para-hydroxylation sites is 1. The van der Waals surface area contributed by atoms with E-state index in [0.717, 1.165) is 64.1 Å². The molecule has 0 N–H and O–H groups in total. The molecule has 1 aromatic heterocycles. The van der Waals surface area contributed by atoms with Gasteiger partial charge in [0, 0.05) is 64.2 Å². The van der Waals surface area contributed by atoms with Crippen molar-refractivity contribution in [2.45, 2.75) is 0 Å². The lowest BCUT2D eigenvalue weighted by Crippen LogP contribution is -2.47. The van der Waals surface area contributed by atoms with Crippen molar-refractivity contribution < 1.29 is 0 Å². The molecule has 2 aliphatic heterocycles. The fraction of sp³-hybridized carbons (Fsp3) is 0.474. The van der Waals surface area contributed by atoms with Gasteiger partial charge >= 0.3 is 0 Å². The number of nitrogens with zero attached hydrogens (tertiary/aromatic N) is 6. The maximum Gasteiger partial charge on any atom is 0.227 e. The maximum absolute atomic E-state index is 4.85. The molecule has 2 fully saturated rings. The van der Waals surface area contributed by atoms with E-state index >= 15 is 0 Å². The molecule has 6 heteroatoms. The van der Waals surface area contributed by atoms with Crippen molar-refractivity contribution in [1.29, 1.82) is 0 Å². The molecule has 25 heavy (non-hydrogen) atoms. The molecule has 0 spiro atoms. The number of benzene rings is 1. The minimum absolute atomic E-state index is 0.871. The van der Waals surface area contributed by atoms with Crippen molar-refractivity contribution in [3.63, 3.8) is 0 Å². The van der Waals surface area contributed by atoms with E-state index in [-0.39, 0.29) is 0 Å². The van der Waals surface area contributed by atoms with Gasteiger partial charge in [-0.25, -0.2) is 4.98 Å². The second-order valence-corrected chi connectivity index (χ2v) is 6.81. The van der Waals surface area contributed by atoms with Crippen LogP contribution in [0.4, 0.5) is 17.5 Å². The van der Waals surface area contributed by atoms with E-state index in [0.29, 0.717) is 0 Å². The highest BCUT2D eigenvalue weighted by Gasteiger charge is 2.21. The highest BCUT2D eigenvalue weighted by atomic mass is 15.3. The Kier molecular flexibility index (Phi) is 4.70. The molecular formula is C19H26N6. The van der Waals surface area contributed by atoms with Crippen LogP contribution in [-0.2, 0) is 0 Å². The molecule has 2 aromatic rings. The minimum atomic E-state index is 0.871. The summed E-state index contributed by atoms with van der Waals surface area (Å²) >= 11 is 0. The Morgan fingerprint density at radius 3 is 2.08 bits per heavy atom. The lowest BCUT2D eigenvalue weighted by molar-refractivity contribution is 0.311. The van der Waals surface area contributed by atoms with Crippen LogP contribution < -0.4 is 14.7 Å². The average molecular weight is 338 g/mol. The third-order valence-electron chi connectivity index (χ3n) is 5.14. The molecule has 0 saturated carbocycles. The first-order valence-electron chi connectivity index (χ1n) is 9.11. The Bertz CT molecular complexity index is 675. The quantitative estimate of drug-likeness (QED) is 0.846. The lowest BCUT2D eigenvalue weighted by Gasteiger charge is -2.37. The van der Waals surface area contributed by atoms with Gasteiger partial charge in [-0.05, 0) is 25.2 Å². The zero-order valence-corrected chi connectivity index (χ0v) is 14.9. The second kappa shape index (κ2) is 7.27. The third-order valence-corrected chi connectivity index (χ3v) is 5.14. The van der Waals surface area contributed by atoms with E-state index in [9.17, 15) is 0 Å². The molecule has 4 rings (SSSR count). The molecule has 6 nitrogen and oxygen atoms in total. The van der Waals surface area contributed by atoms with Crippen LogP contribution in [0.25, 0.3) is 0 Å². The number of hydrogen-bond acceptors (Lipinski definition) is 6. The number of rotatable bonds is 3. The number of aromatic nitrogens is 2. The fourth-order valence-corrected chi connectivity index (χ4v) is 3.51. The molecule has 0 amide bonds. The zero-order chi connectivity index (χ0) is 17.1. The summed E-state index contributed by atoms with van der Waals surface area (Å²) < 4.78 is 0. The standard InChI is InChI=1S/C19H26N6/c1-22-9-11-25(12-10-22)19-20-8-7-18(21-19)24-15-13-23(14-16-24)17-5-3-2-4-6-17/h2-8H,9-16H2,1H3.